The van der Waals surface area contributed by atoms with Crippen molar-refractivity contribution in [3.05, 3.63) is 29.8 Å². The first-order valence-electron chi connectivity index (χ1n) is 9.18. The van der Waals surface area contributed by atoms with Crippen molar-refractivity contribution in [3.8, 4) is 0 Å². The predicted molar refractivity (Wildman–Crippen MR) is 116 cm³/mol. The van der Waals surface area contributed by atoms with Crippen LogP contribution in [-0.2, 0) is 20.7 Å². The molecule has 1 aliphatic heterocycles. The number of anilines is 1. The topological polar surface area (TPSA) is 87.9 Å². The number of carbonyl (C=O) groups excluding carboxylic acids is 2. The van der Waals surface area contributed by atoms with Crippen LogP contribution in [-0.4, -0.2) is 74.1 Å². The molecule has 1 aromatic carbocycles. The maximum Gasteiger partial charge on any atom is 0.238 e. The molecular weight excluding hydrogens is 403 g/mol. The number of hydrogen-bond acceptors (Lipinski definition) is 5. The number of methoxy groups -OCH3 is 1. The van der Waals surface area contributed by atoms with Crippen molar-refractivity contribution in [2.75, 3.05) is 51.7 Å². The first-order valence-corrected chi connectivity index (χ1v) is 9.18. The second-order valence-corrected chi connectivity index (χ2v) is 6.51. The average Bonchev–Trinajstić information content (AvgIpc) is 2.66. The van der Waals surface area contributed by atoms with E-state index in [2.05, 4.69) is 17.1 Å². The van der Waals surface area contributed by atoms with Gasteiger partial charge in [-0.05, 0) is 18.1 Å². The largest absolute Gasteiger partial charge is 0.380 e. The molecule has 0 bridgehead atoms. The van der Waals surface area contributed by atoms with Crippen LogP contribution in [0.2, 0.25) is 0 Å². The van der Waals surface area contributed by atoms with E-state index in [-0.39, 0.29) is 42.7 Å². The van der Waals surface area contributed by atoms with Gasteiger partial charge in [-0.1, -0.05) is 25.1 Å². The number of nitrogens with zero attached hydrogens (tertiary/aromatic N) is 2. The van der Waals surface area contributed by atoms with Gasteiger partial charge in [0.25, 0.3) is 0 Å². The van der Waals surface area contributed by atoms with Crippen LogP contribution in [0.5, 0.6) is 0 Å². The summed E-state index contributed by atoms with van der Waals surface area (Å²) in [6.07, 6.45) is 0.953. The molecule has 1 heterocycles. The molecule has 1 unspecified atom stereocenters. The molecule has 9 heteroatoms. The molecule has 1 saturated heterocycles. The van der Waals surface area contributed by atoms with Crippen LogP contribution in [0.25, 0.3) is 0 Å². The number of rotatable bonds is 8. The number of carbonyl (C=O) groups is 2. The number of hydrogen-bond donors (Lipinski definition) is 2. The standard InChI is InChI=1S/C19H30N4O3.2ClH/c1-3-15-6-4-5-7-17(15)21-18(24)14-22-8-10-23(11-9-22)19(25)12-16(13-20)26-2;;/h4-7,16H,3,8-14,20H2,1-2H3,(H,21,24);2*1H. The van der Waals surface area contributed by atoms with Crippen LogP contribution in [0.4, 0.5) is 5.69 Å². The summed E-state index contributed by atoms with van der Waals surface area (Å²) in [7, 11) is 1.57. The molecule has 0 saturated carbocycles. The molecule has 1 aliphatic rings. The van der Waals surface area contributed by atoms with Crippen molar-refractivity contribution >= 4 is 42.3 Å². The lowest BCUT2D eigenvalue weighted by atomic mass is 10.1. The van der Waals surface area contributed by atoms with Gasteiger partial charge in [0, 0.05) is 45.5 Å². The van der Waals surface area contributed by atoms with E-state index in [1.165, 1.54) is 0 Å². The Kier molecular flexibility index (Phi) is 13.1. The normalized spacial score (nSPS) is 15.2. The number of para-hydroxylation sites is 1. The maximum atomic E-state index is 12.3. The van der Waals surface area contributed by atoms with E-state index >= 15 is 0 Å². The molecule has 1 atom stereocenters. The minimum atomic E-state index is -0.232. The number of halogens is 2. The summed E-state index contributed by atoms with van der Waals surface area (Å²) >= 11 is 0. The van der Waals surface area contributed by atoms with Gasteiger partial charge in [-0.15, -0.1) is 24.8 Å². The Morgan fingerprint density at radius 1 is 1.18 bits per heavy atom. The molecule has 3 N–H and O–H groups in total. The van der Waals surface area contributed by atoms with Crippen LogP contribution >= 0.6 is 24.8 Å². The van der Waals surface area contributed by atoms with E-state index in [1.807, 2.05) is 29.2 Å². The SMILES string of the molecule is CCc1ccccc1NC(=O)CN1CCN(C(=O)CC(CN)OC)CC1.Cl.Cl. The number of aryl methyl sites for hydroxylation is 1. The van der Waals surface area contributed by atoms with Crippen LogP contribution < -0.4 is 11.1 Å². The summed E-state index contributed by atoms with van der Waals surface area (Å²) in [6.45, 7) is 5.37. The summed E-state index contributed by atoms with van der Waals surface area (Å²) in [5.74, 6) is 0.0385. The van der Waals surface area contributed by atoms with Crippen LogP contribution in [0.1, 0.15) is 18.9 Å². The van der Waals surface area contributed by atoms with E-state index < -0.39 is 0 Å². The highest BCUT2D eigenvalue weighted by atomic mass is 35.5. The summed E-state index contributed by atoms with van der Waals surface area (Å²) in [5, 5.41) is 2.99. The van der Waals surface area contributed by atoms with E-state index in [0.29, 0.717) is 45.7 Å². The number of nitrogens with two attached hydrogens (primary N) is 1. The zero-order chi connectivity index (χ0) is 18.9. The number of amides is 2. The van der Waals surface area contributed by atoms with Gasteiger partial charge in [0.05, 0.1) is 19.1 Å². The van der Waals surface area contributed by atoms with E-state index in [4.69, 9.17) is 10.5 Å². The molecule has 0 spiro atoms. The Labute approximate surface area is 179 Å². The number of nitrogens with one attached hydrogen (secondary N) is 1. The van der Waals surface area contributed by atoms with Crippen molar-refractivity contribution in [2.24, 2.45) is 5.73 Å². The lowest BCUT2D eigenvalue weighted by molar-refractivity contribution is -0.135. The summed E-state index contributed by atoms with van der Waals surface area (Å²) in [5.41, 5.74) is 7.58. The molecule has 160 valence electrons. The van der Waals surface area contributed by atoms with Gasteiger partial charge in [0.1, 0.15) is 0 Å². The molecule has 0 radical (unpaired) electrons. The summed E-state index contributed by atoms with van der Waals surface area (Å²) in [6, 6.07) is 7.85. The lowest BCUT2D eigenvalue weighted by Gasteiger charge is -2.34. The van der Waals surface area contributed by atoms with Gasteiger partial charge < -0.3 is 20.7 Å². The van der Waals surface area contributed by atoms with Gasteiger partial charge >= 0.3 is 0 Å². The van der Waals surface area contributed by atoms with Crippen LogP contribution in [0.15, 0.2) is 24.3 Å². The highest BCUT2D eigenvalue weighted by molar-refractivity contribution is 5.93. The predicted octanol–water partition coefficient (Wildman–Crippen LogP) is 1.54. The minimum Gasteiger partial charge on any atom is -0.380 e. The Hall–Kier alpha value is -1.38. The van der Waals surface area contributed by atoms with Gasteiger partial charge in [0.15, 0.2) is 0 Å². The Morgan fingerprint density at radius 3 is 2.39 bits per heavy atom. The van der Waals surface area contributed by atoms with Crippen LogP contribution in [0.3, 0.4) is 0 Å². The maximum absolute atomic E-state index is 12.3. The molecule has 2 amide bonds. The lowest BCUT2D eigenvalue weighted by Crippen LogP contribution is -2.51. The van der Waals surface area contributed by atoms with Crippen molar-refractivity contribution in [1.82, 2.24) is 9.80 Å². The molecule has 28 heavy (non-hydrogen) atoms. The fourth-order valence-electron chi connectivity index (χ4n) is 3.09. The molecular formula is C19H32Cl2N4O3. The molecule has 2 rings (SSSR count). The highest BCUT2D eigenvalue weighted by Gasteiger charge is 2.24. The van der Waals surface area contributed by atoms with Gasteiger partial charge in [-0.25, -0.2) is 0 Å². The third-order valence-corrected chi connectivity index (χ3v) is 4.76. The van der Waals surface area contributed by atoms with Gasteiger partial charge in [-0.3, -0.25) is 14.5 Å². The smallest absolute Gasteiger partial charge is 0.238 e. The fraction of sp³-hybridized carbons (Fsp3) is 0.579. The van der Waals surface area contributed by atoms with E-state index in [9.17, 15) is 9.59 Å². The van der Waals surface area contributed by atoms with Gasteiger partial charge in [0.2, 0.25) is 11.8 Å². The first-order chi connectivity index (χ1) is 12.6. The van der Waals surface area contributed by atoms with Crippen molar-refractivity contribution in [3.63, 3.8) is 0 Å². The van der Waals surface area contributed by atoms with Crippen LogP contribution in [0, 0.1) is 0 Å². The van der Waals surface area contributed by atoms with Crippen molar-refractivity contribution < 1.29 is 14.3 Å². The zero-order valence-corrected chi connectivity index (χ0v) is 18.2. The first kappa shape index (κ1) is 26.6. The third-order valence-electron chi connectivity index (χ3n) is 4.76. The second-order valence-electron chi connectivity index (χ2n) is 6.51. The molecule has 7 nitrogen and oxygen atoms in total. The molecule has 1 fully saturated rings. The third kappa shape index (κ3) is 7.93. The fourth-order valence-corrected chi connectivity index (χ4v) is 3.09. The average molecular weight is 435 g/mol. The Bertz CT molecular complexity index is 607. The monoisotopic (exact) mass is 434 g/mol. The van der Waals surface area contributed by atoms with Crippen molar-refractivity contribution in [2.45, 2.75) is 25.9 Å². The number of piperazine rings is 1. The van der Waals surface area contributed by atoms with E-state index in [0.717, 1.165) is 17.7 Å². The van der Waals surface area contributed by atoms with Crippen molar-refractivity contribution in [1.29, 1.82) is 0 Å². The number of benzene rings is 1. The van der Waals surface area contributed by atoms with E-state index in [1.54, 1.807) is 7.11 Å². The number of ether oxygens (including phenoxy) is 1. The zero-order valence-electron chi connectivity index (χ0n) is 16.6. The quantitative estimate of drug-likeness (QED) is 0.647. The molecule has 0 aliphatic carbocycles. The minimum absolute atomic E-state index is 0. The van der Waals surface area contributed by atoms with Gasteiger partial charge in [-0.2, -0.15) is 0 Å². The second kappa shape index (κ2) is 13.7. The summed E-state index contributed by atoms with van der Waals surface area (Å²) < 4.78 is 5.17. The highest BCUT2D eigenvalue weighted by Crippen LogP contribution is 2.15. The summed E-state index contributed by atoms with van der Waals surface area (Å²) in [4.78, 5) is 28.5. The Morgan fingerprint density at radius 2 is 1.82 bits per heavy atom. The Balaban J connectivity index is 0.00000364. The molecule has 1 aromatic rings. The molecule has 0 aromatic heterocycles.